The lowest BCUT2D eigenvalue weighted by atomic mass is 9.89. The molecule has 0 saturated heterocycles. The van der Waals surface area contributed by atoms with Gasteiger partial charge in [-0.25, -0.2) is 4.39 Å². The van der Waals surface area contributed by atoms with Crippen LogP contribution in [0.3, 0.4) is 0 Å². The van der Waals surface area contributed by atoms with Gasteiger partial charge < -0.3 is 19.7 Å². The van der Waals surface area contributed by atoms with Crippen LogP contribution in [0.5, 0.6) is 0 Å². The Kier molecular flexibility index (Phi) is 5.94. The fraction of sp³-hybridized carbons (Fsp3) is 0.545. The fourth-order valence-electron chi connectivity index (χ4n) is 4.02. The first-order valence-corrected chi connectivity index (χ1v) is 10.6. The van der Waals surface area contributed by atoms with Crippen molar-refractivity contribution in [3.05, 3.63) is 35.5 Å². The third-order valence-electron chi connectivity index (χ3n) is 6.02. The van der Waals surface area contributed by atoms with Crippen molar-refractivity contribution in [3.63, 3.8) is 0 Å². The van der Waals surface area contributed by atoms with Gasteiger partial charge in [0.2, 0.25) is 17.6 Å². The van der Waals surface area contributed by atoms with E-state index in [1.165, 1.54) is 18.6 Å². The summed E-state index contributed by atoms with van der Waals surface area (Å²) in [5.41, 5.74) is -0.773. The van der Waals surface area contributed by atoms with Crippen molar-refractivity contribution >= 4 is 12.2 Å². The Labute approximate surface area is 174 Å². The number of hydrogen-bond donors (Lipinski definition) is 2. The Hall–Kier alpha value is -2.61. The van der Waals surface area contributed by atoms with Crippen LogP contribution in [-0.4, -0.2) is 39.6 Å². The van der Waals surface area contributed by atoms with E-state index in [-0.39, 0.29) is 35.6 Å². The van der Waals surface area contributed by atoms with Gasteiger partial charge in [-0.1, -0.05) is 30.5 Å². The minimum atomic E-state index is -1.46. The van der Waals surface area contributed by atoms with Crippen LogP contribution in [0.25, 0.3) is 11.4 Å². The summed E-state index contributed by atoms with van der Waals surface area (Å²) in [6, 6.07) is 4.46. The van der Waals surface area contributed by atoms with Crippen LogP contribution in [0.15, 0.2) is 22.7 Å². The molecule has 0 spiro atoms. The molecule has 30 heavy (non-hydrogen) atoms. The van der Waals surface area contributed by atoms with Gasteiger partial charge in [-0.2, -0.15) is 4.98 Å². The SMILES string of the molecule is O=CC(CO)(Cc1ccc(-c2noc(C3CCCCC3)n2)c(F)c1)NC(=O)C1CC1. The smallest absolute Gasteiger partial charge is 0.230 e. The van der Waals surface area contributed by atoms with Crippen molar-refractivity contribution < 1.29 is 23.6 Å². The Balaban J connectivity index is 1.50. The number of aliphatic hydroxyl groups excluding tert-OH is 1. The first kappa shape index (κ1) is 20.7. The standard InChI is InChI=1S/C22H26FN3O4/c23-18-10-14(11-22(12-27,13-28)25-20(29)15-7-8-15)6-9-17(18)19-24-21(30-26-19)16-4-2-1-3-5-16/h6,9-10,12,15-16,28H,1-5,7-8,11,13H2,(H,25,29). The molecule has 1 aromatic carbocycles. The average Bonchev–Trinajstić information content (AvgIpc) is 3.51. The van der Waals surface area contributed by atoms with Crippen molar-refractivity contribution in [3.8, 4) is 11.4 Å². The molecule has 2 fully saturated rings. The summed E-state index contributed by atoms with van der Waals surface area (Å²) in [6.45, 7) is -0.562. The molecule has 1 unspecified atom stereocenters. The van der Waals surface area contributed by atoms with E-state index in [0.717, 1.165) is 38.5 Å². The molecule has 0 radical (unpaired) electrons. The zero-order chi connectivity index (χ0) is 21.1. The second-order valence-electron chi connectivity index (χ2n) is 8.48. The van der Waals surface area contributed by atoms with E-state index in [4.69, 9.17) is 4.52 Å². The minimum absolute atomic E-state index is 0.0117. The Morgan fingerprint density at radius 1 is 1.27 bits per heavy atom. The number of benzene rings is 1. The highest BCUT2D eigenvalue weighted by molar-refractivity contribution is 5.85. The van der Waals surface area contributed by atoms with E-state index < -0.39 is 18.0 Å². The molecule has 1 atom stereocenters. The maximum Gasteiger partial charge on any atom is 0.230 e. The lowest BCUT2D eigenvalue weighted by Gasteiger charge is -2.27. The Bertz CT molecular complexity index is 921. The van der Waals surface area contributed by atoms with Crippen molar-refractivity contribution in [1.29, 1.82) is 0 Å². The molecule has 2 aliphatic rings. The molecule has 7 nitrogen and oxygen atoms in total. The molecule has 8 heteroatoms. The summed E-state index contributed by atoms with van der Waals surface area (Å²) in [7, 11) is 0. The highest BCUT2D eigenvalue weighted by Gasteiger charge is 2.37. The molecule has 1 aromatic heterocycles. The number of nitrogens with zero attached hydrogens (tertiary/aromatic N) is 2. The van der Waals surface area contributed by atoms with Crippen LogP contribution < -0.4 is 5.32 Å². The van der Waals surface area contributed by atoms with Gasteiger partial charge in [0.1, 0.15) is 17.6 Å². The van der Waals surface area contributed by atoms with E-state index in [1.807, 2.05) is 0 Å². The molecule has 2 aliphatic carbocycles. The molecule has 0 bridgehead atoms. The highest BCUT2D eigenvalue weighted by atomic mass is 19.1. The van der Waals surface area contributed by atoms with Gasteiger partial charge in [0.05, 0.1) is 12.2 Å². The number of carbonyl (C=O) groups excluding carboxylic acids is 2. The van der Waals surface area contributed by atoms with Gasteiger partial charge in [-0.3, -0.25) is 4.79 Å². The summed E-state index contributed by atoms with van der Waals surface area (Å²) in [5, 5.41) is 16.3. The van der Waals surface area contributed by atoms with Crippen LogP contribution >= 0.6 is 0 Å². The van der Waals surface area contributed by atoms with Crippen molar-refractivity contribution in [1.82, 2.24) is 15.5 Å². The number of aliphatic hydroxyl groups is 1. The third kappa shape index (κ3) is 4.43. The number of aldehydes is 1. The van der Waals surface area contributed by atoms with Crippen LogP contribution in [0.1, 0.15) is 62.3 Å². The summed E-state index contributed by atoms with van der Waals surface area (Å²) in [4.78, 5) is 28.1. The molecular weight excluding hydrogens is 389 g/mol. The van der Waals surface area contributed by atoms with Crippen LogP contribution in [0, 0.1) is 11.7 Å². The number of carbonyl (C=O) groups is 2. The van der Waals surface area contributed by atoms with Gasteiger partial charge in [-0.05, 0) is 43.4 Å². The van der Waals surface area contributed by atoms with Gasteiger partial charge >= 0.3 is 0 Å². The van der Waals surface area contributed by atoms with Gasteiger partial charge in [0.15, 0.2) is 0 Å². The quantitative estimate of drug-likeness (QED) is 0.642. The number of nitrogens with one attached hydrogen (secondary N) is 1. The molecule has 1 amide bonds. The van der Waals surface area contributed by atoms with Crippen LogP contribution in [0.4, 0.5) is 4.39 Å². The number of aromatic nitrogens is 2. The normalized spacial score (nSPS) is 19.3. The summed E-state index contributed by atoms with van der Waals surface area (Å²) >= 11 is 0. The zero-order valence-corrected chi connectivity index (χ0v) is 16.8. The average molecular weight is 415 g/mol. The molecule has 1 heterocycles. The first-order chi connectivity index (χ1) is 14.5. The summed E-state index contributed by atoms with van der Waals surface area (Å²) in [6.07, 6.45) is 7.56. The van der Waals surface area contributed by atoms with Crippen molar-refractivity contribution in [2.75, 3.05) is 6.61 Å². The molecule has 2 N–H and O–H groups in total. The van der Waals surface area contributed by atoms with E-state index in [9.17, 15) is 19.1 Å². The number of hydrogen-bond acceptors (Lipinski definition) is 6. The molecule has 0 aliphatic heterocycles. The molecule has 160 valence electrons. The fourth-order valence-corrected chi connectivity index (χ4v) is 4.02. The predicted octanol–water partition coefficient (Wildman–Crippen LogP) is 2.92. The second-order valence-corrected chi connectivity index (χ2v) is 8.48. The Morgan fingerprint density at radius 3 is 2.67 bits per heavy atom. The van der Waals surface area contributed by atoms with Crippen LogP contribution in [0.2, 0.25) is 0 Å². The predicted molar refractivity (Wildman–Crippen MR) is 106 cm³/mol. The lowest BCUT2D eigenvalue weighted by molar-refractivity contribution is -0.128. The topological polar surface area (TPSA) is 105 Å². The third-order valence-corrected chi connectivity index (χ3v) is 6.02. The van der Waals surface area contributed by atoms with Gasteiger partial charge in [-0.15, -0.1) is 0 Å². The van der Waals surface area contributed by atoms with E-state index >= 15 is 0 Å². The summed E-state index contributed by atoms with van der Waals surface area (Å²) in [5.74, 6) is 0.0773. The number of amides is 1. The molecule has 2 saturated carbocycles. The van der Waals surface area contributed by atoms with Crippen molar-refractivity contribution in [2.45, 2.75) is 62.8 Å². The monoisotopic (exact) mass is 415 g/mol. The highest BCUT2D eigenvalue weighted by Crippen LogP contribution is 2.33. The molecular formula is C22H26FN3O4. The van der Waals surface area contributed by atoms with E-state index in [2.05, 4.69) is 15.5 Å². The largest absolute Gasteiger partial charge is 0.393 e. The Morgan fingerprint density at radius 2 is 2.03 bits per heavy atom. The summed E-state index contributed by atoms with van der Waals surface area (Å²) < 4.78 is 20.2. The zero-order valence-electron chi connectivity index (χ0n) is 16.8. The van der Waals surface area contributed by atoms with E-state index in [1.54, 1.807) is 6.07 Å². The molecule has 4 rings (SSSR count). The number of halogens is 1. The maximum absolute atomic E-state index is 14.8. The van der Waals surface area contributed by atoms with E-state index in [0.29, 0.717) is 17.7 Å². The second kappa shape index (κ2) is 8.63. The van der Waals surface area contributed by atoms with Gasteiger partial charge in [0.25, 0.3) is 0 Å². The maximum atomic E-state index is 14.8. The first-order valence-electron chi connectivity index (χ1n) is 10.6. The minimum Gasteiger partial charge on any atom is -0.393 e. The van der Waals surface area contributed by atoms with Crippen LogP contribution in [-0.2, 0) is 16.0 Å². The van der Waals surface area contributed by atoms with Gasteiger partial charge in [0, 0.05) is 18.3 Å². The van der Waals surface area contributed by atoms with Crippen molar-refractivity contribution in [2.24, 2.45) is 5.92 Å². The molecule has 2 aromatic rings. The lowest BCUT2D eigenvalue weighted by Crippen LogP contribution is -2.55. The number of rotatable bonds is 8.